The third-order valence-corrected chi connectivity index (χ3v) is 5.82. The Morgan fingerprint density at radius 3 is 2.43 bits per heavy atom. The smallest absolute Gasteiger partial charge is 0.294 e. The highest BCUT2D eigenvalue weighted by atomic mass is 79.9. The molecule has 0 fully saturated rings. The van der Waals surface area contributed by atoms with Gasteiger partial charge in [-0.1, -0.05) is 46.3 Å². The minimum absolute atomic E-state index is 0.140. The number of rotatable bonds is 4. The number of carbonyl (C=O) groups is 1. The molecule has 0 amide bonds. The van der Waals surface area contributed by atoms with E-state index in [0.717, 1.165) is 29.7 Å². The number of Topliss-reactive ketones (excluding diaryl/α,β-unsaturated/α-hetero) is 1. The lowest BCUT2D eigenvalue weighted by atomic mass is 9.89. The van der Waals surface area contributed by atoms with Gasteiger partial charge in [0.25, 0.3) is 0 Å². The topological polar surface area (TPSA) is 17.1 Å². The molecule has 1 aliphatic rings. The van der Waals surface area contributed by atoms with Gasteiger partial charge in [0, 0.05) is 16.8 Å². The van der Waals surface area contributed by atoms with Crippen LogP contribution in [0, 0.1) is 0 Å². The highest BCUT2D eigenvalue weighted by molar-refractivity contribution is 9.09. The first-order valence-corrected chi connectivity index (χ1v) is 9.42. The van der Waals surface area contributed by atoms with Crippen molar-refractivity contribution >= 4 is 21.7 Å². The summed E-state index contributed by atoms with van der Waals surface area (Å²) in [6, 6.07) is 7.83. The van der Waals surface area contributed by atoms with Crippen LogP contribution in [0.4, 0.5) is 26.3 Å². The minimum atomic E-state index is -4.85. The highest BCUT2D eigenvalue weighted by Gasteiger charge is 2.43. The highest BCUT2D eigenvalue weighted by Crippen LogP contribution is 2.41. The summed E-state index contributed by atoms with van der Waals surface area (Å²) in [4.78, 5) is 12.7. The number of hydrogen-bond acceptors (Lipinski definition) is 1. The first-order chi connectivity index (χ1) is 13.0. The van der Waals surface area contributed by atoms with Crippen LogP contribution in [0.1, 0.15) is 56.2 Å². The molecule has 8 heteroatoms. The number of benzene rings is 2. The molecule has 3 rings (SSSR count). The molecule has 0 saturated heterocycles. The number of alkyl halides is 7. The van der Waals surface area contributed by atoms with Crippen molar-refractivity contribution < 1.29 is 31.1 Å². The summed E-state index contributed by atoms with van der Waals surface area (Å²) in [5, 5.41) is 0. The van der Waals surface area contributed by atoms with Gasteiger partial charge >= 0.3 is 12.4 Å². The molecule has 28 heavy (non-hydrogen) atoms. The number of fused-ring (bicyclic) bond motifs is 1. The van der Waals surface area contributed by atoms with Crippen LogP contribution in [-0.2, 0) is 12.6 Å². The van der Waals surface area contributed by atoms with Crippen LogP contribution in [0.3, 0.4) is 0 Å². The molecule has 0 aliphatic heterocycles. The average Bonchev–Trinajstić information content (AvgIpc) is 2.98. The number of ketones is 1. The molecule has 150 valence electrons. The van der Waals surface area contributed by atoms with Gasteiger partial charge in [0.15, 0.2) is 5.78 Å². The fraction of sp³-hybridized carbons (Fsp3) is 0.350. The van der Waals surface area contributed by atoms with E-state index in [-0.39, 0.29) is 10.4 Å². The molecule has 1 aliphatic carbocycles. The molecule has 0 aromatic heterocycles. The summed E-state index contributed by atoms with van der Waals surface area (Å²) < 4.78 is 79.2. The van der Waals surface area contributed by atoms with Crippen LogP contribution in [0.5, 0.6) is 0 Å². The van der Waals surface area contributed by atoms with E-state index < -0.39 is 41.6 Å². The van der Waals surface area contributed by atoms with Gasteiger partial charge < -0.3 is 0 Å². The first-order valence-electron chi connectivity index (χ1n) is 8.51. The average molecular weight is 465 g/mol. The second-order valence-electron chi connectivity index (χ2n) is 6.76. The maximum Gasteiger partial charge on any atom is 0.416 e. The first kappa shape index (κ1) is 20.9. The second kappa shape index (κ2) is 7.54. The Balaban J connectivity index is 1.89. The zero-order valence-electron chi connectivity index (χ0n) is 14.4. The lowest BCUT2D eigenvalue weighted by Gasteiger charge is -2.21. The quantitative estimate of drug-likeness (QED) is 0.270. The third kappa shape index (κ3) is 4.42. The van der Waals surface area contributed by atoms with E-state index in [1.807, 2.05) is 0 Å². The van der Waals surface area contributed by atoms with E-state index in [0.29, 0.717) is 18.6 Å². The van der Waals surface area contributed by atoms with Gasteiger partial charge in [-0.25, -0.2) is 0 Å². The SMILES string of the molecule is O=C(C[C@@H](c1cccc(C(F)(F)F)c1)C(F)(F)F)c1ccc2c(c1)CCC2Br. The van der Waals surface area contributed by atoms with E-state index in [1.165, 1.54) is 6.07 Å². The summed E-state index contributed by atoms with van der Waals surface area (Å²) >= 11 is 3.49. The Kier molecular flexibility index (Phi) is 5.62. The monoisotopic (exact) mass is 464 g/mol. The Labute approximate surface area is 165 Å². The molecule has 2 aromatic rings. The van der Waals surface area contributed by atoms with Crippen LogP contribution < -0.4 is 0 Å². The molecule has 0 bridgehead atoms. The molecule has 0 saturated carbocycles. The molecule has 0 N–H and O–H groups in total. The standard InChI is InChI=1S/C20H15BrF6O/c21-17-7-5-11-8-13(4-6-15(11)17)18(28)10-16(20(25,26)27)12-2-1-3-14(9-12)19(22,23)24/h1-4,6,8-9,16-17H,5,7,10H2/t16-,17?/m0/s1. The van der Waals surface area contributed by atoms with Crippen molar-refractivity contribution in [1.29, 1.82) is 0 Å². The molecule has 0 heterocycles. The van der Waals surface area contributed by atoms with Gasteiger partial charge in [-0.3, -0.25) is 4.79 Å². The van der Waals surface area contributed by atoms with E-state index in [1.54, 1.807) is 12.1 Å². The van der Waals surface area contributed by atoms with Crippen LogP contribution in [0.15, 0.2) is 42.5 Å². The summed E-state index contributed by atoms with van der Waals surface area (Å²) in [6.07, 6.45) is -9.01. The summed E-state index contributed by atoms with van der Waals surface area (Å²) in [6.45, 7) is 0. The molecule has 0 spiro atoms. The van der Waals surface area contributed by atoms with Gasteiger partial charge in [0.1, 0.15) is 0 Å². The molecule has 0 radical (unpaired) electrons. The number of aryl methyl sites for hydroxylation is 1. The Morgan fingerprint density at radius 2 is 1.79 bits per heavy atom. The maximum atomic E-state index is 13.5. The molecular formula is C20H15BrF6O. The van der Waals surface area contributed by atoms with Gasteiger partial charge in [0.2, 0.25) is 0 Å². The maximum absolute atomic E-state index is 13.5. The zero-order valence-corrected chi connectivity index (χ0v) is 16.0. The van der Waals surface area contributed by atoms with Crippen LogP contribution in [0.2, 0.25) is 0 Å². The van der Waals surface area contributed by atoms with Crippen LogP contribution >= 0.6 is 15.9 Å². The van der Waals surface area contributed by atoms with Gasteiger partial charge in [-0.2, -0.15) is 26.3 Å². The van der Waals surface area contributed by atoms with E-state index in [4.69, 9.17) is 0 Å². The van der Waals surface area contributed by atoms with E-state index >= 15 is 0 Å². The predicted molar refractivity (Wildman–Crippen MR) is 95.6 cm³/mol. The van der Waals surface area contributed by atoms with E-state index in [2.05, 4.69) is 15.9 Å². The summed E-state index contributed by atoms with van der Waals surface area (Å²) in [7, 11) is 0. The number of halogens is 7. The van der Waals surface area contributed by atoms with Gasteiger partial charge in [-0.15, -0.1) is 0 Å². The van der Waals surface area contributed by atoms with Crippen molar-refractivity contribution in [3.8, 4) is 0 Å². The van der Waals surface area contributed by atoms with Crippen molar-refractivity contribution in [2.24, 2.45) is 0 Å². The molecule has 1 unspecified atom stereocenters. The third-order valence-electron chi connectivity index (χ3n) is 4.87. The molecule has 2 aromatic carbocycles. The van der Waals surface area contributed by atoms with E-state index in [9.17, 15) is 31.1 Å². The summed E-state index contributed by atoms with van der Waals surface area (Å²) in [5.74, 6) is -3.06. The van der Waals surface area contributed by atoms with Crippen molar-refractivity contribution in [2.75, 3.05) is 0 Å². The van der Waals surface area contributed by atoms with Gasteiger partial charge in [0.05, 0.1) is 11.5 Å². The normalized spacial score (nSPS) is 18.0. The Hall–Kier alpha value is -1.83. The van der Waals surface area contributed by atoms with Crippen molar-refractivity contribution in [2.45, 2.75) is 42.4 Å². The molecule has 2 atom stereocenters. The lowest BCUT2D eigenvalue weighted by Crippen LogP contribution is -2.24. The van der Waals surface area contributed by atoms with Crippen LogP contribution in [-0.4, -0.2) is 12.0 Å². The fourth-order valence-electron chi connectivity index (χ4n) is 3.40. The lowest BCUT2D eigenvalue weighted by molar-refractivity contribution is -0.150. The van der Waals surface area contributed by atoms with Gasteiger partial charge in [-0.05, 0) is 41.7 Å². The van der Waals surface area contributed by atoms with Crippen LogP contribution in [0.25, 0.3) is 0 Å². The number of hydrogen-bond donors (Lipinski definition) is 0. The zero-order chi connectivity index (χ0) is 20.7. The fourth-order valence-corrected chi connectivity index (χ4v) is 4.07. The van der Waals surface area contributed by atoms with Crippen molar-refractivity contribution in [3.63, 3.8) is 0 Å². The largest absolute Gasteiger partial charge is 0.416 e. The summed E-state index contributed by atoms with van der Waals surface area (Å²) in [5.41, 5.74) is 0.295. The molecular weight excluding hydrogens is 450 g/mol. The Bertz CT molecular complexity index is 887. The van der Waals surface area contributed by atoms with Crippen molar-refractivity contribution in [1.82, 2.24) is 0 Å². The number of carbonyl (C=O) groups excluding carboxylic acids is 1. The molecule has 1 nitrogen and oxygen atoms in total. The Morgan fingerprint density at radius 1 is 1.07 bits per heavy atom. The predicted octanol–water partition coefficient (Wildman–Crippen LogP) is 7.01. The minimum Gasteiger partial charge on any atom is -0.294 e. The second-order valence-corrected chi connectivity index (χ2v) is 7.87. The van der Waals surface area contributed by atoms with Crippen molar-refractivity contribution in [3.05, 3.63) is 70.3 Å².